The fraction of sp³-hybridized carbons (Fsp3) is 0. The van der Waals surface area contributed by atoms with E-state index in [-0.39, 0.29) is 0 Å². The number of rotatable bonds is 5. The van der Waals surface area contributed by atoms with Crippen LogP contribution in [0, 0.1) is 0 Å². The van der Waals surface area contributed by atoms with Crippen LogP contribution in [-0.4, -0.2) is 19.5 Å². The van der Waals surface area contributed by atoms with E-state index < -0.39 is 0 Å². The Kier molecular flexibility index (Phi) is 6.12. The molecule has 0 fully saturated rings. The number of hydrogen-bond acceptors (Lipinski definition) is 6. The average molecular weight is 671 g/mol. The number of hydrogen-bond donors (Lipinski definition) is 0. The molecule has 52 heavy (non-hydrogen) atoms. The molecule has 244 valence electrons. The molecule has 0 radical (unpaired) electrons. The number of benzene rings is 7. The van der Waals surface area contributed by atoms with Gasteiger partial charge in [-0.1, -0.05) is 84.9 Å². The van der Waals surface area contributed by atoms with Crippen LogP contribution in [0.25, 0.3) is 106 Å². The van der Waals surface area contributed by atoms with Crippen molar-refractivity contribution in [1.29, 1.82) is 0 Å². The van der Waals surface area contributed by atoms with Crippen molar-refractivity contribution >= 4 is 55.1 Å². The summed E-state index contributed by atoms with van der Waals surface area (Å²) in [6, 6.07) is 53.7. The molecule has 11 rings (SSSR count). The largest absolute Gasteiger partial charge is 0.436 e. The molecule has 0 aliphatic carbocycles. The second-order valence-electron chi connectivity index (χ2n) is 12.9. The van der Waals surface area contributed by atoms with Crippen molar-refractivity contribution in [2.24, 2.45) is 0 Å². The monoisotopic (exact) mass is 670 g/mol. The summed E-state index contributed by atoms with van der Waals surface area (Å²) in [7, 11) is 0. The Morgan fingerprint density at radius 1 is 0.346 bits per heavy atom. The Morgan fingerprint density at radius 3 is 1.46 bits per heavy atom. The molecular weight excluding hydrogens is 645 g/mol. The molecule has 0 N–H and O–H groups in total. The summed E-state index contributed by atoms with van der Waals surface area (Å²) in [4.78, 5) is 14.5. The molecule has 7 aromatic carbocycles. The predicted molar refractivity (Wildman–Crippen MR) is 205 cm³/mol. The summed E-state index contributed by atoms with van der Waals surface area (Å²) in [6.45, 7) is 0. The number of para-hydroxylation sites is 4. The van der Waals surface area contributed by atoms with E-state index in [9.17, 15) is 0 Å². The number of fused-ring (bicyclic) bond motifs is 6. The first-order valence-electron chi connectivity index (χ1n) is 17.1. The second kappa shape index (κ2) is 11.1. The van der Waals surface area contributed by atoms with Crippen LogP contribution < -0.4 is 0 Å². The van der Waals surface area contributed by atoms with Gasteiger partial charge in [-0.05, 0) is 95.1 Å². The van der Waals surface area contributed by atoms with Gasteiger partial charge >= 0.3 is 6.01 Å². The summed E-state index contributed by atoms with van der Waals surface area (Å²) in [5.74, 6) is 1.11. The van der Waals surface area contributed by atoms with Gasteiger partial charge in [0.05, 0.1) is 11.0 Å². The Balaban J connectivity index is 1.03. The van der Waals surface area contributed by atoms with E-state index in [0.29, 0.717) is 17.8 Å². The standard InChI is InChI=1S/C45H26N4O3/c1-2-8-27(9-3-1)28-14-16-29(17-15-28)30-18-21-37-42(26-30)51-44(47-37)32-20-23-39-34(25-32)33-24-31(43-46-35-10-4-6-12-40(35)50-43)19-22-38(33)49(39)45-48-36-11-5-7-13-41(36)52-45/h1-26H. The smallest absolute Gasteiger partial charge is 0.307 e. The van der Waals surface area contributed by atoms with Crippen molar-refractivity contribution in [3.63, 3.8) is 0 Å². The summed E-state index contributed by atoms with van der Waals surface area (Å²) >= 11 is 0. The third kappa shape index (κ3) is 4.57. The van der Waals surface area contributed by atoms with Crippen molar-refractivity contribution in [2.75, 3.05) is 0 Å². The van der Waals surface area contributed by atoms with Crippen molar-refractivity contribution in [1.82, 2.24) is 19.5 Å². The Hall–Kier alpha value is -7.25. The van der Waals surface area contributed by atoms with Gasteiger partial charge in [-0.3, -0.25) is 4.57 Å². The normalized spacial score (nSPS) is 11.8. The van der Waals surface area contributed by atoms with Crippen LogP contribution in [0.15, 0.2) is 171 Å². The minimum Gasteiger partial charge on any atom is -0.436 e. The Labute approximate surface area is 296 Å². The van der Waals surface area contributed by atoms with Crippen LogP contribution in [0.1, 0.15) is 0 Å². The van der Waals surface area contributed by atoms with Gasteiger partial charge in [-0.2, -0.15) is 4.98 Å². The van der Waals surface area contributed by atoms with Crippen LogP contribution in [0.4, 0.5) is 0 Å². The highest BCUT2D eigenvalue weighted by molar-refractivity contribution is 6.11. The quantitative estimate of drug-likeness (QED) is 0.181. The van der Waals surface area contributed by atoms with Gasteiger partial charge in [-0.15, -0.1) is 0 Å². The molecule has 4 heterocycles. The molecule has 0 unspecified atom stereocenters. The summed E-state index contributed by atoms with van der Waals surface area (Å²) in [6.07, 6.45) is 0. The zero-order chi connectivity index (χ0) is 34.2. The van der Waals surface area contributed by atoms with Crippen molar-refractivity contribution < 1.29 is 13.3 Å². The zero-order valence-corrected chi connectivity index (χ0v) is 27.5. The van der Waals surface area contributed by atoms with Crippen molar-refractivity contribution in [2.45, 2.75) is 0 Å². The lowest BCUT2D eigenvalue weighted by molar-refractivity contribution is 0.574. The van der Waals surface area contributed by atoms with Gasteiger partial charge < -0.3 is 13.3 Å². The molecule has 0 amide bonds. The van der Waals surface area contributed by atoms with Gasteiger partial charge in [0.25, 0.3) is 0 Å². The molecule has 4 aromatic heterocycles. The maximum atomic E-state index is 6.45. The van der Waals surface area contributed by atoms with Gasteiger partial charge in [0.15, 0.2) is 16.7 Å². The molecule has 7 nitrogen and oxygen atoms in total. The van der Waals surface area contributed by atoms with Crippen LogP contribution in [-0.2, 0) is 0 Å². The number of nitrogens with zero attached hydrogens (tertiary/aromatic N) is 4. The first-order valence-corrected chi connectivity index (χ1v) is 17.1. The van der Waals surface area contributed by atoms with Gasteiger partial charge in [0, 0.05) is 21.9 Å². The lowest BCUT2D eigenvalue weighted by Gasteiger charge is -2.05. The number of aromatic nitrogens is 4. The third-order valence-corrected chi connectivity index (χ3v) is 9.74. The van der Waals surface area contributed by atoms with Gasteiger partial charge in [0.1, 0.15) is 16.6 Å². The van der Waals surface area contributed by atoms with Gasteiger partial charge in [-0.25, -0.2) is 9.97 Å². The zero-order valence-electron chi connectivity index (χ0n) is 27.5. The Morgan fingerprint density at radius 2 is 0.827 bits per heavy atom. The molecular formula is C45H26N4O3. The molecule has 11 aromatic rings. The minimum absolute atomic E-state index is 0.495. The molecule has 0 atom stereocenters. The van der Waals surface area contributed by atoms with Crippen LogP contribution in [0.2, 0.25) is 0 Å². The Bertz CT molecular complexity index is 3060. The lowest BCUT2D eigenvalue weighted by Crippen LogP contribution is -1.93. The number of oxazole rings is 3. The molecule has 7 heteroatoms. The molecule has 0 spiro atoms. The minimum atomic E-state index is 0.495. The van der Waals surface area contributed by atoms with E-state index in [2.05, 4.69) is 89.5 Å². The van der Waals surface area contributed by atoms with Crippen LogP contribution in [0.5, 0.6) is 0 Å². The van der Waals surface area contributed by atoms with E-state index in [1.54, 1.807) is 0 Å². The predicted octanol–water partition coefficient (Wildman–Crippen LogP) is 11.9. The summed E-state index contributed by atoms with van der Waals surface area (Å²) in [5.41, 5.74) is 12.8. The highest BCUT2D eigenvalue weighted by Crippen LogP contribution is 2.39. The first-order chi connectivity index (χ1) is 25.7. The summed E-state index contributed by atoms with van der Waals surface area (Å²) < 4.78 is 21.0. The van der Waals surface area contributed by atoms with Crippen molar-refractivity contribution in [3.05, 3.63) is 158 Å². The van der Waals surface area contributed by atoms with Crippen LogP contribution in [0.3, 0.4) is 0 Å². The average Bonchev–Trinajstić information content (AvgIpc) is 4.00. The highest BCUT2D eigenvalue weighted by Gasteiger charge is 2.20. The SMILES string of the molecule is c1ccc(-c2ccc(-c3ccc4nc(-c5ccc6c(c5)c5cc(-c7nc8ccccc8o7)ccc5n6-c5nc6ccccc6o5)oc4c3)cc2)cc1. The maximum absolute atomic E-state index is 6.45. The van der Waals surface area contributed by atoms with E-state index in [1.807, 2.05) is 72.8 Å². The molecule has 0 aliphatic rings. The topological polar surface area (TPSA) is 83.0 Å². The third-order valence-electron chi connectivity index (χ3n) is 9.74. The first kappa shape index (κ1) is 28.6. The van der Waals surface area contributed by atoms with E-state index in [0.717, 1.165) is 77.4 Å². The lowest BCUT2D eigenvalue weighted by atomic mass is 10.0. The molecule has 0 saturated carbocycles. The van der Waals surface area contributed by atoms with Gasteiger partial charge in [0.2, 0.25) is 11.8 Å². The van der Waals surface area contributed by atoms with E-state index in [1.165, 1.54) is 11.1 Å². The van der Waals surface area contributed by atoms with E-state index >= 15 is 0 Å². The fourth-order valence-electron chi connectivity index (χ4n) is 7.16. The molecule has 0 aliphatic heterocycles. The molecule has 0 bridgehead atoms. The second-order valence-corrected chi connectivity index (χ2v) is 12.9. The molecule has 0 saturated heterocycles. The maximum Gasteiger partial charge on any atom is 0.307 e. The van der Waals surface area contributed by atoms with Crippen molar-refractivity contribution in [3.8, 4) is 51.2 Å². The van der Waals surface area contributed by atoms with E-state index in [4.69, 9.17) is 28.2 Å². The summed E-state index contributed by atoms with van der Waals surface area (Å²) in [5, 5.41) is 1.99. The van der Waals surface area contributed by atoms with Crippen LogP contribution >= 0.6 is 0 Å². The fourth-order valence-corrected chi connectivity index (χ4v) is 7.16. The highest BCUT2D eigenvalue weighted by atomic mass is 16.4.